The lowest BCUT2D eigenvalue weighted by Gasteiger charge is -2.16. The van der Waals surface area contributed by atoms with E-state index < -0.39 is 12.2 Å². The van der Waals surface area contributed by atoms with Crippen LogP contribution in [-0.2, 0) is 17.6 Å². The Bertz CT molecular complexity index is 1550. The third-order valence-corrected chi connectivity index (χ3v) is 8.41. The van der Waals surface area contributed by atoms with E-state index in [0.29, 0.717) is 48.0 Å². The number of methoxy groups -OCH3 is 2. The van der Waals surface area contributed by atoms with E-state index in [0.717, 1.165) is 42.7 Å². The number of carbonyl (C=O) groups excluding carboxylic acids is 1. The van der Waals surface area contributed by atoms with Crippen LogP contribution >= 0.6 is 0 Å². The van der Waals surface area contributed by atoms with Crippen molar-refractivity contribution in [3.8, 4) is 23.0 Å². The Labute approximate surface area is 289 Å². The number of phenolic OH excluding ortho intramolecular Hbond substituents is 2. The number of hydrogen-bond donors (Lipinski definition) is 6. The van der Waals surface area contributed by atoms with Gasteiger partial charge in [0, 0.05) is 0 Å². The minimum Gasteiger partial charge on any atom is -0.506 e. The smallest absolute Gasteiger partial charge is 0.211 e. The molecule has 0 radical (unpaired) electrons. The molecule has 10 heteroatoms. The molecule has 0 saturated heterocycles. The van der Waals surface area contributed by atoms with E-state index >= 15 is 0 Å². The largest absolute Gasteiger partial charge is 0.506 e. The first-order valence-corrected chi connectivity index (χ1v) is 16.3. The molecule has 266 valence electrons. The topological polar surface area (TPSA) is 186 Å². The van der Waals surface area contributed by atoms with Crippen LogP contribution in [0, 0.1) is 11.8 Å². The second-order valence-corrected chi connectivity index (χ2v) is 12.4. The lowest BCUT2D eigenvalue weighted by Crippen LogP contribution is -2.05. The summed E-state index contributed by atoms with van der Waals surface area (Å²) in [6, 6.07) is 25.7. The van der Waals surface area contributed by atoms with Crippen LogP contribution < -0.4 is 20.5 Å². The Kier molecular flexibility index (Phi) is 17.0. The van der Waals surface area contributed by atoms with E-state index in [9.17, 15) is 25.2 Å². The normalized spacial score (nSPS) is 13.0. The van der Waals surface area contributed by atoms with Crippen LogP contribution in [0.15, 0.2) is 84.9 Å². The Morgan fingerprint density at radius 3 is 1.51 bits per heavy atom. The number of aliphatic hydroxyl groups is 2. The standard InChI is InChI=1S/C20H25NO4.C19H25NO3.H2O/c1-14(11-15-4-7-17(25-2)8-5-15)3-9-19(23)16-6-10-20(24)18(12-16)21-13-22;1-13(11-14-4-7-16(23-2)8-5-14)3-9-18(21)15-6-10-19(22)17(20)12-15;/h4-8,10,12-14,19,23-24H,3,9,11H2,1-2H3,(H,21,22);4-8,10,12-13,18,21-22H,3,9,11,20H2,1-2H3;1H2/t14-,19-;13-,18-;/m00./s1. The van der Waals surface area contributed by atoms with E-state index in [4.69, 9.17) is 15.2 Å². The summed E-state index contributed by atoms with van der Waals surface area (Å²) >= 11 is 0. The molecule has 9 N–H and O–H groups in total. The first kappa shape index (κ1) is 40.4. The number of hydrogen-bond acceptors (Lipinski definition) is 8. The quantitative estimate of drug-likeness (QED) is 0.0440. The third kappa shape index (κ3) is 13.3. The molecule has 4 aromatic carbocycles. The van der Waals surface area contributed by atoms with E-state index in [2.05, 4.69) is 43.4 Å². The number of ether oxygens (including phenoxy) is 2. The van der Waals surface area contributed by atoms with Gasteiger partial charge in [-0.1, -0.05) is 50.2 Å². The summed E-state index contributed by atoms with van der Waals surface area (Å²) in [7, 11) is 3.31. The lowest BCUT2D eigenvalue weighted by atomic mass is 9.93. The van der Waals surface area contributed by atoms with Crippen LogP contribution in [-0.4, -0.2) is 46.5 Å². The zero-order valence-corrected chi connectivity index (χ0v) is 28.8. The number of amides is 1. The fourth-order valence-electron chi connectivity index (χ4n) is 5.47. The number of benzene rings is 4. The van der Waals surface area contributed by atoms with Crippen LogP contribution in [0.4, 0.5) is 11.4 Å². The molecule has 0 aromatic heterocycles. The zero-order chi connectivity index (χ0) is 35.1. The van der Waals surface area contributed by atoms with Gasteiger partial charge in [0.25, 0.3) is 0 Å². The number of nitrogens with two attached hydrogens (primary N) is 1. The highest BCUT2D eigenvalue weighted by atomic mass is 16.5. The lowest BCUT2D eigenvalue weighted by molar-refractivity contribution is -0.105. The summed E-state index contributed by atoms with van der Waals surface area (Å²) in [6.45, 7) is 4.34. The summed E-state index contributed by atoms with van der Waals surface area (Å²) in [5.41, 5.74) is 10.2. The monoisotopic (exact) mass is 676 g/mol. The minimum absolute atomic E-state index is 0. The van der Waals surface area contributed by atoms with Crippen LogP contribution in [0.5, 0.6) is 23.0 Å². The molecule has 10 nitrogen and oxygen atoms in total. The first-order valence-electron chi connectivity index (χ1n) is 16.3. The van der Waals surface area contributed by atoms with Crippen LogP contribution in [0.1, 0.15) is 74.0 Å². The maximum Gasteiger partial charge on any atom is 0.211 e. The molecule has 1 amide bonds. The summed E-state index contributed by atoms with van der Waals surface area (Å²) in [4.78, 5) is 10.5. The number of aromatic hydroxyl groups is 2. The third-order valence-electron chi connectivity index (χ3n) is 8.41. The molecular formula is C39H52N2O8. The predicted octanol–water partition coefficient (Wildman–Crippen LogP) is 6.51. The van der Waals surface area contributed by atoms with Crippen molar-refractivity contribution in [2.75, 3.05) is 25.3 Å². The molecule has 0 bridgehead atoms. The number of aliphatic hydroxyl groups excluding tert-OH is 2. The molecule has 0 saturated carbocycles. The number of carbonyl (C=O) groups is 1. The Hall–Kier alpha value is -4.77. The summed E-state index contributed by atoms with van der Waals surface area (Å²) in [5.74, 6) is 2.63. The van der Waals surface area contributed by atoms with Gasteiger partial charge in [0.05, 0.1) is 37.8 Å². The number of nitrogens with one attached hydrogen (secondary N) is 1. The summed E-state index contributed by atoms with van der Waals surface area (Å²) in [6.07, 6.45) is 4.27. The van der Waals surface area contributed by atoms with Gasteiger partial charge < -0.3 is 46.4 Å². The molecule has 0 unspecified atom stereocenters. The maximum atomic E-state index is 10.5. The van der Waals surface area contributed by atoms with Crippen molar-refractivity contribution in [2.45, 2.75) is 64.6 Å². The van der Waals surface area contributed by atoms with Crippen LogP contribution in [0.2, 0.25) is 0 Å². The zero-order valence-electron chi connectivity index (χ0n) is 28.8. The molecule has 0 aliphatic heterocycles. The van der Waals surface area contributed by atoms with Crippen molar-refractivity contribution in [2.24, 2.45) is 11.8 Å². The minimum atomic E-state index is -0.633. The van der Waals surface area contributed by atoms with Crippen molar-refractivity contribution >= 4 is 17.8 Å². The molecule has 0 fully saturated rings. The number of rotatable bonds is 16. The van der Waals surface area contributed by atoms with E-state index in [1.807, 2.05) is 24.3 Å². The van der Waals surface area contributed by atoms with Gasteiger partial charge in [-0.25, -0.2) is 0 Å². The molecule has 0 heterocycles. The number of anilines is 2. The SMILES string of the molecule is COc1ccc(C[C@@H](C)CC[C@H](O)c2ccc(O)c(N)c2)cc1.COc1ccc(C[C@@H](C)CC[C@H](O)c2ccc(O)c(NC=O)c2)cc1.O. The number of nitrogen functional groups attached to an aromatic ring is 1. The average molecular weight is 677 g/mol. The second-order valence-electron chi connectivity index (χ2n) is 12.4. The molecule has 49 heavy (non-hydrogen) atoms. The highest BCUT2D eigenvalue weighted by molar-refractivity contribution is 5.75. The van der Waals surface area contributed by atoms with Gasteiger partial charge in [0.15, 0.2) is 0 Å². The van der Waals surface area contributed by atoms with Gasteiger partial charge in [0.2, 0.25) is 6.41 Å². The molecule has 4 rings (SSSR count). The van der Waals surface area contributed by atoms with Gasteiger partial charge in [0.1, 0.15) is 23.0 Å². The molecular weight excluding hydrogens is 624 g/mol. The molecule has 0 spiro atoms. The van der Waals surface area contributed by atoms with E-state index in [1.165, 1.54) is 23.3 Å². The predicted molar refractivity (Wildman–Crippen MR) is 194 cm³/mol. The molecule has 0 aliphatic carbocycles. The van der Waals surface area contributed by atoms with E-state index in [-0.39, 0.29) is 17.0 Å². The van der Waals surface area contributed by atoms with Crippen molar-refractivity contribution in [1.82, 2.24) is 0 Å². The van der Waals surface area contributed by atoms with E-state index in [1.54, 1.807) is 38.5 Å². The van der Waals surface area contributed by atoms with Crippen LogP contribution in [0.25, 0.3) is 0 Å². The van der Waals surface area contributed by atoms with Crippen molar-refractivity contribution in [3.05, 3.63) is 107 Å². The van der Waals surface area contributed by atoms with Gasteiger partial charge >= 0.3 is 0 Å². The highest BCUT2D eigenvalue weighted by Gasteiger charge is 2.14. The second kappa shape index (κ2) is 20.6. The molecule has 4 atom stereocenters. The fourth-order valence-corrected chi connectivity index (χ4v) is 5.47. The van der Waals surface area contributed by atoms with Gasteiger partial charge in [-0.05, 0) is 121 Å². The Balaban J connectivity index is 0.000000334. The highest BCUT2D eigenvalue weighted by Crippen LogP contribution is 2.30. The van der Waals surface area contributed by atoms with Crippen LogP contribution in [0.3, 0.4) is 0 Å². The van der Waals surface area contributed by atoms with Crippen molar-refractivity contribution in [3.63, 3.8) is 0 Å². The fraction of sp³-hybridized carbons (Fsp3) is 0.359. The molecule has 0 aliphatic rings. The van der Waals surface area contributed by atoms with Gasteiger partial charge in [-0.3, -0.25) is 4.79 Å². The number of phenols is 2. The van der Waals surface area contributed by atoms with Crippen molar-refractivity contribution < 1.29 is 40.2 Å². The van der Waals surface area contributed by atoms with Gasteiger partial charge in [-0.15, -0.1) is 0 Å². The maximum absolute atomic E-state index is 10.5. The average Bonchev–Trinajstić information content (AvgIpc) is 3.09. The van der Waals surface area contributed by atoms with Crippen molar-refractivity contribution in [1.29, 1.82) is 0 Å². The summed E-state index contributed by atoms with van der Waals surface area (Å²) < 4.78 is 10.3. The Morgan fingerprint density at radius 1 is 0.673 bits per heavy atom. The summed E-state index contributed by atoms with van der Waals surface area (Å²) in [5, 5.41) is 42.1. The Morgan fingerprint density at radius 2 is 1.10 bits per heavy atom. The first-order chi connectivity index (χ1) is 23.0. The van der Waals surface area contributed by atoms with Gasteiger partial charge in [-0.2, -0.15) is 0 Å². The molecule has 4 aromatic rings.